The number of benzene rings is 2. The molecule has 2 unspecified atom stereocenters. The molecule has 6 heteroatoms. The lowest BCUT2D eigenvalue weighted by atomic mass is 10.0. The summed E-state index contributed by atoms with van der Waals surface area (Å²) in [6.45, 7) is 1.68. The predicted octanol–water partition coefficient (Wildman–Crippen LogP) is 2.08. The third kappa shape index (κ3) is 4.07. The Bertz CT molecular complexity index is 805. The molecule has 2 aliphatic heterocycles. The fraction of sp³-hybridized carbons (Fsp3) is 0.381. The molecule has 0 radical (unpaired) electrons. The number of hydrogen-bond donors (Lipinski definition) is 2. The summed E-state index contributed by atoms with van der Waals surface area (Å²) in [6, 6.07) is 12.7. The summed E-state index contributed by atoms with van der Waals surface area (Å²) >= 11 is 0. The van der Waals surface area contributed by atoms with Gasteiger partial charge in [0.2, 0.25) is 0 Å². The molecule has 2 aromatic carbocycles. The number of carbonyl (C=O) groups is 1. The Balaban J connectivity index is 1.43. The number of hydrogen-bond acceptors (Lipinski definition) is 5. The van der Waals surface area contributed by atoms with Crippen molar-refractivity contribution in [2.24, 2.45) is 0 Å². The summed E-state index contributed by atoms with van der Waals surface area (Å²) in [5.74, 6) is 1.45. The monoisotopic (exact) mass is 369 g/mol. The van der Waals surface area contributed by atoms with Crippen LogP contribution in [0.5, 0.6) is 11.5 Å². The second-order valence-corrected chi connectivity index (χ2v) is 6.82. The molecule has 0 aromatic heterocycles. The van der Waals surface area contributed by atoms with E-state index in [2.05, 4.69) is 5.32 Å². The molecular formula is C21H23NO5. The van der Waals surface area contributed by atoms with Crippen LogP contribution in [0.25, 0.3) is 0 Å². The highest BCUT2D eigenvalue weighted by Crippen LogP contribution is 2.26. The van der Waals surface area contributed by atoms with Gasteiger partial charge in [-0.05, 0) is 47.9 Å². The quantitative estimate of drug-likeness (QED) is 0.844. The molecule has 0 bridgehead atoms. The SMILES string of the molecule is O=C(NC1CCOCC1Oc1ccc(CO)cc1)c1ccc2c(c1)CCO2. The molecule has 2 aromatic rings. The Hall–Kier alpha value is -2.57. The number of aliphatic hydroxyl groups excluding tert-OH is 1. The van der Waals surface area contributed by atoms with Gasteiger partial charge in [-0.1, -0.05) is 12.1 Å². The van der Waals surface area contributed by atoms with Gasteiger partial charge in [0.25, 0.3) is 5.91 Å². The molecular weight excluding hydrogens is 346 g/mol. The maximum atomic E-state index is 12.7. The summed E-state index contributed by atoms with van der Waals surface area (Å²) in [6.07, 6.45) is 1.27. The normalized spacial score (nSPS) is 21.2. The van der Waals surface area contributed by atoms with Crippen molar-refractivity contribution >= 4 is 5.91 Å². The summed E-state index contributed by atoms with van der Waals surface area (Å²) in [7, 11) is 0. The van der Waals surface area contributed by atoms with Gasteiger partial charge in [0, 0.05) is 18.6 Å². The zero-order valence-corrected chi connectivity index (χ0v) is 15.0. The first-order chi connectivity index (χ1) is 13.2. The summed E-state index contributed by atoms with van der Waals surface area (Å²) in [5, 5.41) is 12.2. The molecule has 2 heterocycles. The molecule has 0 spiro atoms. The minimum Gasteiger partial charge on any atom is -0.493 e. The van der Waals surface area contributed by atoms with Crippen LogP contribution in [0.15, 0.2) is 42.5 Å². The van der Waals surface area contributed by atoms with Gasteiger partial charge >= 0.3 is 0 Å². The number of aliphatic hydroxyl groups is 1. The molecule has 6 nitrogen and oxygen atoms in total. The van der Waals surface area contributed by atoms with E-state index >= 15 is 0 Å². The molecule has 1 amide bonds. The Morgan fingerprint density at radius 3 is 2.85 bits per heavy atom. The number of rotatable bonds is 5. The lowest BCUT2D eigenvalue weighted by Gasteiger charge is -2.32. The molecule has 1 saturated heterocycles. The van der Waals surface area contributed by atoms with E-state index in [1.165, 1.54) is 0 Å². The highest BCUT2D eigenvalue weighted by atomic mass is 16.5. The van der Waals surface area contributed by atoms with Crippen molar-refractivity contribution in [2.75, 3.05) is 19.8 Å². The van der Waals surface area contributed by atoms with Crippen molar-refractivity contribution < 1.29 is 24.1 Å². The maximum Gasteiger partial charge on any atom is 0.251 e. The van der Waals surface area contributed by atoms with Crippen LogP contribution in [0.4, 0.5) is 0 Å². The number of nitrogens with one attached hydrogen (secondary N) is 1. The van der Waals surface area contributed by atoms with Crippen molar-refractivity contribution in [1.29, 1.82) is 0 Å². The first kappa shape index (κ1) is 17.8. The average molecular weight is 369 g/mol. The van der Waals surface area contributed by atoms with Crippen LogP contribution in [0.3, 0.4) is 0 Å². The van der Waals surface area contributed by atoms with Gasteiger partial charge in [0.05, 0.1) is 25.9 Å². The van der Waals surface area contributed by atoms with E-state index < -0.39 is 0 Å². The second kappa shape index (κ2) is 7.98. The fourth-order valence-corrected chi connectivity index (χ4v) is 3.42. The maximum absolute atomic E-state index is 12.7. The minimum atomic E-state index is -0.263. The van der Waals surface area contributed by atoms with Crippen LogP contribution in [0, 0.1) is 0 Å². The van der Waals surface area contributed by atoms with Crippen LogP contribution in [0.2, 0.25) is 0 Å². The summed E-state index contributed by atoms with van der Waals surface area (Å²) < 4.78 is 17.1. The Morgan fingerprint density at radius 2 is 2.04 bits per heavy atom. The standard InChI is InChI=1S/C21H23NO5/c23-12-14-1-4-17(5-2-14)27-20-13-25-9-8-18(20)22-21(24)16-3-6-19-15(11-16)7-10-26-19/h1-6,11,18,20,23H,7-10,12-13H2,(H,22,24). The summed E-state index contributed by atoms with van der Waals surface area (Å²) in [4.78, 5) is 12.7. The van der Waals surface area contributed by atoms with Gasteiger partial charge in [0.15, 0.2) is 0 Å². The van der Waals surface area contributed by atoms with Gasteiger partial charge in [-0.3, -0.25) is 4.79 Å². The predicted molar refractivity (Wildman–Crippen MR) is 99.1 cm³/mol. The molecule has 2 aliphatic rings. The highest BCUT2D eigenvalue weighted by molar-refractivity contribution is 5.94. The van der Waals surface area contributed by atoms with Crippen LogP contribution in [-0.4, -0.2) is 43.0 Å². The van der Waals surface area contributed by atoms with E-state index in [0.29, 0.717) is 37.6 Å². The van der Waals surface area contributed by atoms with E-state index in [9.17, 15) is 4.79 Å². The van der Waals surface area contributed by atoms with E-state index in [1.807, 2.05) is 36.4 Å². The lowest BCUT2D eigenvalue weighted by molar-refractivity contribution is -0.0135. The molecule has 4 rings (SSSR count). The molecule has 0 aliphatic carbocycles. The van der Waals surface area contributed by atoms with E-state index in [1.54, 1.807) is 6.07 Å². The molecule has 2 N–H and O–H groups in total. The van der Waals surface area contributed by atoms with E-state index in [0.717, 1.165) is 23.3 Å². The highest BCUT2D eigenvalue weighted by Gasteiger charge is 2.29. The number of amides is 1. The van der Waals surface area contributed by atoms with Crippen molar-refractivity contribution in [2.45, 2.75) is 31.6 Å². The smallest absolute Gasteiger partial charge is 0.251 e. The second-order valence-electron chi connectivity index (χ2n) is 6.82. The minimum absolute atomic E-state index is 0.00266. The number of ether oxygens (including phenoxy) is 3. The molecule has 0 saturated carbocycles. The van der Waals surface area contributed by atoms with Crippen molar-refractivity contribution in [3.8, 4) is 11.5 Å². The van der Waals surface area contributed by atoms with E-state index in [-0.39, 0.29) is 24.7 Å². The van der Waals surface area contributed by atoms with E-state index in [4.69, 9.17) is 19.3 Å². The topological polar surface area (TPSA) is 77.0 Å². The third-order valence-electron chi connectivity index (χ3n) is 4.97. The van der Waals surface area contributed by atoms with Crippen LogP contribution >= 0.6 is 0 Å². The van der Waals surface area contributed by atoms with Gasteiger partial charge in [-0.2, -0.15) is 0 Å². The first-order valence-electron chi connectivity index (χ1n) is 9.24. The van der Waals surface area contributed by atoms with Crippen LogP contribution in [0.1, 0.15) is 27.9 Å². The van der Waals surface area contributed by atoms with Gasteiger partial charge < -0.3 is 24.6 Å². The van der Waals surface area contributed by atoms with Crippen molar-refractivity contribution in [3.63, 3.8) is 0 Å². The summed E-state index contributed by atoms with van der Waals surface area (Å²) in [5.41, 5.74) is 2.54. The molecule has 2 atom stereocenters. The zero-order chi connectivity index (χ0) is 18.6. The third-order valence-corrected chi connectivity index (χ3v) is 4.97. The Kier molecular flexibility index (Phi) is 5.27. The number of fused-ring (bicyclic) bond motifs is 1. The first-order valence-corrected chi connectivity index (χ1v) is 9.24. The van der Waals surface area contributed by atoms with Crippen molar-refractivity contribution in [3.05, 3.63) is 59.2 Å². The van der Waals surface area contributed by atoms with Crippen LogP contribution in [-0.2, 0) is 17.8 Å². The lowest BCUT2D eigenvalue weighted by Crippen LogP contribution is -2.51. The molecule has 1 fully saturated rings. The van der Waals surface area contributed by atoms with Gasteiger partial charge in [0.1, 0.15) is 17.6 Å². The largest absolute Gasteiger partial charge is 0.493 e. The number of carbonyl (C=O) groups excluding carboxylic acids is 1. The van der Waals surface area contributed by atoms with Crippen molar-refractivity contribution in [1.82, 2.24) is 5.32 Å². The fourth-order valence-electron chi connectivity index (χ4n) is 3.42. The van der Waals surface area contributed by atoms with Gasteiger partial charge in [-0.25, -0.2) is 0 Å². The molecule has 142 valence electrons. The van der Waals surface area contributed by atoms with Gasteiger partial charge in [-0.15, -0.1) is 0 Å². The molecule has 27 heavy (non-hydrogen) atoms. The average Bonchev–Trinajstić information content (AvgIpc) is 3.18. The van der Waals surface area contributed by atoms with Crippen LogP contribution < -0.4 is 14.8 Å². The zero-order valence-electron chi connectivity index (χ0n) is 15.0. The Labute approximate surface area is 158 Å². The Morgan fingerprint density at radius 1 is 1.19 bits per heavy atom.